The van der Waals surface area contributed by atoms with Crippen LogP contribution in [0.1, 0.15) is 30.7 Å². The molecule has 0 atom stereocenters. The summed E-state index contributed by atoms with van der Waals surface area (Å²) in [5, 5.41) is 0. The molecule has 0 spiro atoms. The molecular weight excluding hydrogens is 227 g/mol. The zero-order chi connectivity index (χ0) is 13.1. The Hall–Kier alpha value is -1.80. The molecule has 0 N–H and O–H groups in total. The maximum atomic E-state index is 12.5. The Labute approximate surface area is 98.0 Å². The number of hydrogen-bond donors (Lipinski definition) is 0. The van der Waals surface area contributed by atoms with E-state index in [1.54, 1.807) is 19.9 Å². The summed E-state index contributed by atoms with van der Waals surface area (Å²) in [6.07, 6.45) is -0.142. The first kappa shape index (κ1) is 13.3. The highest BCUT2D eigenvalue weighted by atomic mass is 19.4. The summed E-state index contributed by atoms with van der Waals surface area (Å²) in [5.41, 5.74) is 3.51. The van der Waals surface area contributed by atoms with Crippen molar-refractivity contribution >= 4 is 11.6 Å². The largest absolute Gasteiger partial charge is 0.433 e. The maximum Gasteiger partial charge on any atom is 0.433 e. The first-order chi connectivity index (χ1) is 7.86. The molecule has 0 aliphatic heterocycles. The topological polar surface area (TPSA) is 12.9 Å². The van der Waals surface area contributed by atoms with Gasteiger partial charge in [-0.1, -0.05) is 6.58 Å². The van der Waals surface area contributed by atoms with E-state index in [1.165, 1.54) is 12.3 Å². The van der Waals surface area contributed by atoms with Crippen LogP contribution in [0.3, 0.4) is 0 Å². The van der Waals surface area contributed by atoms with Gasteiger partial charge in [0.25, 0.3) is 0 Å². The Kier molecular flexibility index (Phi) is 3.92. The normalized spacial score (nSPS) is 10.6. The lowest BCUT2D eigenvalue weighted by Crippen LogP contribution is -2.08. The molecule has 0 aromatic carbocycles. The Bertz CT molecular complexity index is 492. The fraction of sp³-hybridized carbons (Fsp3) is 0.231. The zero-order valence-electron chi connectivity index (χ0n) is 9.60. The van der Waals surface area contributed by atoms with Crippen molar-refractivity contribution in [1.82, 2.24) is 4.98 Å². The number of allylic oxidation sites excluding steroid dienone is 2. The first-order valence-corrected chi connectivity index (χ1v) is 4.96. The number of alkyl halides is 3. The summed E-state index contributed by atoms with van der Waals surface area (Å²) >= 11 is 0. The van der Waals surface area contributed by atoms with Gasteiger partial charge in [-0.25, -0.2) is 0 Å². The molecule has 0 unspecified atom stereocenters. The summed E-state index contributed by atoms with van der Waals surface area (Å²) in [6, 6.07) is 1.00. The van der Waals surface area contributed by atoms with E-state index >= 15 is 0 Å². The van der Waals surface area contributed by atoms with Gasteiger partial charge in [-0.05, 0) is 43.2 Å². The van der Waals surface area contributed by atoms with E-state index in [2.05, 4.69) is 17.3 Å². The number of rotatable bonds is 2. The molecule has 0 fully saturated rings. The molecule has 0 amide bonds. The number of nitrogens with zero attached hydrogens (tertiary/aromatic N) is 1. The van der Waals surface area contributed by atoms with E-state index < -0.39 is 11.9 Å². The molecule has 1 aromatic heterocycles. The van der Waals surface area contributed by atoms with Crippen LogP contribution in [0.5, 0.6) is 0 Å². The predicted octanol–water partition coefficient (Wildman–Crippen LogP) is 4.32. The number of halogens is 3. The molecule has 4 heteroatoms. The summed E-state index contributed by atoms with van der Waals surface area (Å²) in [4.78, 5) is 3.40. The Morgan fingerprint density at radius 1 is 1.47 bits per heavy atom. The van der Waals surface area contributed by atoms with Crippen molar-refractivity contribution in [3.8, 4) is 0 Å². The van der Waals surface area contributed by atoms with Gasteiger partial charge >= 0.3 is 6.18 Å². The minimum atomic E-state index is -4.44. The van der Waals surface area contributed by atoms with Crippen LogP contribution < -0.4 is 0 Å². The molecule has 0 aliphatic carbocycles. The molecule has 0 bridgehead atoms. The monoisotopic (exact) mass is 239 g/mol. The Morgan fingerprint density at radius 3 is 2.59 bits per heavy atom. The average molecular weight is 239 g/mol. The van der Waals surface area contributed by atoms with Crippen LogP contribution in [0.15, 0.2) is 30.6 Å². The summed E-state index contributed by atoms with van der Waals surface area (Å²) < 4.78 is 37.5. The minimum absolute atomic E-state index is 0.415. The fourth-order valence-electron chi connectivity index (χ4n) is 1.28. The highest BCUT2D eigenvalue weighted by molar-refractivity contribution is 5.71. The minimum Gasteiger partial charge on any atom is -0.251 e. The van der Waals surface area contributed by atoms with Crippen molar-refractivity contribution in [2.24, 2.45) is 0 Å². The molecule has 1 rings (SSSR count). The lowest BCUT2D eigenvalue weighted by Gasteiger charge is -2.09. The molecule has 1 heterocycles. The van der Waals surface area contributed by atoms with Crippen molar-refractivity contribution in [1.29, 1.82) is 0 Å². The lowest BCUT2D eigenvalue weighted by molar-refractivity contribution is -0.141. The molecule has 0 aliphatic rings. The van der Waals surface area contributed by atoms with Crippen LogP contribution in [0.4, 0.5) is 13.2 Å². The second kappa shape index (κ2) is 5.02. The third-order valence-electron chi connectivity index (χ3n) is 2.09. The SMILES string of the molecule is C=C(C)c1cnc(C(F)(F)F)cc1C=C=CC. The molecular formula is C13H12F3N. The predicted molar refractivity (Wildman–Crippen MR) is 62.2 cm³/mol. The highest BCUT2D eigenvalue weighted by Crippen LogP contribution is 2.30. The van der Waals surface area contributed by atoms with Crippen molar-refractivity contribution < 1.29 is 13.2 Å². The smallest absolute Gasteiger partial charge is 0.251 e. The van der Waals surface area contributed by atoms with E-state index in [4.69, 9.17) is 0 Å². The van der Waals surface area contributed by atoms with Crippen molar-refractivity contribution in [2.75, 3.05) is 0 Å². The molecule has 0 saturated carbocycles. The van der Waals surface area contributed by atoms with Gasteiger partial charge in [0.15, 0.2) is 0 Å². The number of hydrogen-bond acceptors (Lipinski definition) is 1. The number of pyridine rings is 1. The third kappa shape index (κ3) is 3.33. The van der Waals surface area contributed by atoms with Crippen LogP contribution in [0.25, 0.3) is 11.6 Å². The molecule has 1 nitrogen and oxygen atoms in total. The van der Waals surface area contributed by atoms with Crippen molar-refractivity contribution in [3.05, 3.63) is 47.5 Å². The van der Waals surface area contributed by atoms with Crippen LogP contribution in [-0.4, -0.2) is 4.98 Å². The van der Waals surface area contributed by atoms with Gasteiger partial charge in [0.1, 0.15) is 5.69 Å². The van der Waals surface area contributed by atoms with E-state index in [9.17, 15) is 13.2 Å². The first-order valence-electron chi connectivity index (χ1n) is 4.96. The van der Waals surface area contributed by atoms with Gasteiger partial charge in [0.05, 0.1) is 0 Å². The molecule has 90 valence electrons. The lowest BCUT2D eigenvalue weighted by atomic mass is 10.0. The van der Waals surface area contributed by atoms with Gasteiger partial charge in [-0.15, -0.1) is 5.73 Å². The van der Waals surface area contributed by atoms with Crippen LogP contribution in [-0.2, 0) is 6.18 Å². The Balaban J connectivity index is 3.39. The average Bonchev–Trinajstić information content (AvgIpc) is 2.24. The second-order valence-electron chi connectivity index (χ2n) is 3.53. The summed E-state index contributed by atoms with van der Waals surface area (Å²) in [5.74, 6) is 0. The fourth-order valence-corrected chi connectivity index (χ4v) is 1.28. The van der Waals surface area contributed by atoms with Gasteiger partial charge in [0.2, 0.25) is 0 Å². The van der Waals surface area contributed by atoms with Gasteiger partial charge in [0, 0.05) is 11.8 Å². The summed E-state index contributed by atoms with van der Waals surface area (Å²) in [6.45, 7) is 7.17. The second-order valence-corrected chi connectivity index (χ2v) is 3.53. The van der Waals surface area contributed by atoms with E-state index in [0.29, 0.717) is 16.7 Å². The molecule has 0 saturated heterocycles. The van der Waals surface area contributed by atoms with Crippen molar-refractivity contribution in [2.45, 2.75) is 20.0 Å². The van der Waals surface area contributed by atoms with Gasteiger partial charge in [-0.2, -0.15) is 13.2 Å². The third-order valence-corrected chi connectivity index (χ3v) is 2.09. The Morgan fingerprint density at radius 2 is 2.12 bits per heavy atom. The van der Waals surface area contributed by atoms with Crippen LogP contribution >= 0.6 is 0 Å². The summed E-state index contributed by atoms with van der Waals surface area (Å²) in [7, 11) is 0. The molecule has 1 aromatic rings. The number of aromatic nitrogens is 1. The van der Waals surface area contributed by atoms with Gasteiger partial charge in [-0.3, -0.25) is 4.98 Å². The molecule has 17 heavy (non-hydrogen) atoms. The van der Waals surface area contributed by atoms with Crippen LogP contribution in [0, 0.1) is 0 Å². The molecule has 0 radical (unpaired) electrons. The highest BCUT2D eigenvalue weighted by Gasteiger charge is 2.32. The van der Waals surface area contributed by atoms with Gasteiger partial charge < -0.3 is 0 Å². The van der Waals surface area contributed by atoms with Crippen LogP contribution in [0.2, 0.25) is 0 Å². The standard InChI is InChI=1S/C13H12F3N/c1-4-5-6-10-7-12(13(14,15)16)17-8-11(10)9(2)3/h4,6-8H,2H2,1,3H3. The van der Waals surface area contributed by atoms with E-state index in [-0.39, 0.29) is 0 Å². The zero-order valence-corrected chi connectivity index (χ0v) is 9.60. The maximum absolute atomic E-state index is 12.5. The van der Waals surface area contributed by atoms with E-state index in [0.717, 1.165) is 6.07 Å². The quantitative estimate of drug-likeness (QED) is 0.700. The van der Waals surface area contributed by atoms with Crippen molar-refractivity contribution in [3.63, 3.8) is 0 Å². The van der Waals surface area contributed by atoms with E-state index in [1.807, 2.05) is 0 Å².